The highest BCUT2D eigenvalue weighted by atomic mass is 79.9. The molecule has 2 amide bonds. The predicted octanol–water partition coefficient (Wildman–Crippen LogP) is 4.33. The van der Waals surface area contributed by atoms with Gasteiger partial charge in [0.2, 0.25) is 5.88 Å². The smallest absolute Gasteiger partial charge is 0.283 e. The van der Waals surface area contributed by atoms with Crippen molar-refractivity contribution < 1.29 is 14.7 Å². The maximum atomic E-state index is 12.0. The number of nitrogens with one attached hydrogen (secondary N) is 2. The third-order valence-electron chi connectivity index (χ3n) is 3.49. The number of carbonyl (C=O) groups excluding carboxylic acids is 2. The topological polar surface area (TPSA) is 107 Å². The van der Waals surface area contributed by atoms with Crippen LogP contribution in [0.1, 0.15) is 10.4 Å². The van der Waals surface area contributed by atoms with Gasteiger partial charge in [-0.15, -0.1) is 10.2 Å². The number of azo groups is 1. The molecule has 0 unspecified atom stereocenters. The fourth-order valence-electron chi connectivity index (χ4n) is 2.27. The minimum atomic E-state index is -0.672. The molecular weight excluding hydrogens is 424 g/mol. The standard InChI is InChI=1S/C17H12BrClN4O3/c18-9-5-6-13-11(7-9)15(17(26)21-13)23-22-14(24)8-20-16(25)10-3-1-2-4-12(10)19/h1-7,21,26H,8H2,(H,20,25). The van der Waals surface area contributed by atoms with Gasteiger partial charge in [-0.1, -0.05) is 39.7 Å². The third kappa shape index (κ3) is 3.92. The summed E-state index contributed by atoms with van der Waals surface area (Å²) in [5.74, 6) is -1.36. The van der Waals surface area contributed by atoms with Gasteiger partial charge in [-0.05, 0) is 30.3 Å². The highest BCUT2D eigenvalue weighted by molar-refractivity contribution is 9.10. The Kier molecular flexibility index (Phi) is 5.34. The van der Waals surface area contributed by atoms with E-state index < -0.39 is 11.8 Å². The molecule has 0 spiro atoms. The average Bonchev–Trinajstić information content (AvgIpc) is 2.92. The molecule has 3 aromatic rings. The van der Waals surface area contributed by atoms with Crippen LogP contribution < -0.4 is 5.32 Å². The van der Waals surface area contributed by atoms with Gasteiger partial charge in [-0.3, -0.25) is 9.59 Å². The number of benzene rings is 2. The number of amides is 2. The summed E-state index contributed by atoms with van der Waals surface area (Å²) in [4.78, 5) is 26.6. The fourth-order valence-corrected chi connectivity index (χ4v) is 2.86. The maximum absolute atomic E-state index is 12.0. The molecule has 0 radical (unpaired) electrons. The lowest BCUT2D eigenvalue weighted by Crippen LogP contribution is -2.28. The number of aromatic nitrogens is 1. The molecule has 2 aromatic carbocycles. The van der Waals surface area contributed by atoms with Crippen molar-refractivity contribution in [3.8, 4) is 5.88 Å². The molecule has 3 rings (SSSR count). The van der Waals surface area contributed by atoms with Gasteiger partial charge >= 0.3 is 0 Å². The monoisotopic (exact) mass is 434 g/mol. The van der Waals surface area contributed by atoms with Crippen LogP contribution in [0.5, 0.6) is 5.88 Å². The van der Waals surface area contributed by atoms with Crippen molar-refractivity contribution in [2.24, 2.45) is 10.2 Å². The first-order valence-corrected chi connectivity index (χ1v) is 8.60. The number of H-pyrrole nitrogens is 1. The van der Waals surface area contributed by atoms with E-state index in [1.165, 1.54) is 0 Å². The van der Waals surface area contributed by atoms with Gasteiger partial charge in [0.25, 0.3) is 11.8 Å². The van der Waals surface area contributed by atoms with Crippen LogP contribution in [0.2, 0.25) is 5.02 Å². The summed E-state index contributed by atoms with van der Waals surface area (Å²) in [5.41, 5.74) is 1.06. The second-order valence-corrected chi connectivity index (χ2v) is 6.59. The summed E-state index contributed by atoms with van der Waals surface area (Å²) < 4.78 is 0.791. The molecule has 9 heteroatoms. The summed E-state index contributed by atoms with van der Waals surface area (Å²) in [7, 11) is 0. The zero-order chi connectivity index (χ0) is 18.7. The van der Waals surface area contributed by atoms with E-state index in [0.29, 0.717) is 10.9 Å². The van der Waals surface area contributed by atoms with Crippen molar-refractivity contribution in [1.29, 1.82) is 0 Å². The highest BCUT2D eigenvalue weighted by Gasteiger charge is 2.13. The molecule has 7 nitrogen and oxygen atoms in total. The maximum Gasteiger partial charge on any atom is 0.283 e. The van der Waals surface area contributed by atoms with Crippen LogP contribution in [-0.2, 0) is 4.79 Å². The minimum Gasteiger partial charge on any atom is -0.493 e. The Bertz CT molecular complexity index is 1030. The number of halogens is 2. The SMILES string of the molecule is O=C(CNC(=O)c1ccccc1Cl)N=Nc1c(O)[nH]c2ccc(Br)cc12. The van der Waals surface area contributed by atoms with Crippen molar-refractivity contribution in [2.75, 3.05) is 6.54 Å². The molecule has 0 saturated heterocycles. The number of hydrogen-bond donors (Lipinski definition) is 3. The lowest BCUT2D eigenvalue weighted by atomic mass is 10.2. The Balaban J connectivity index is 1.69. The number of aromatic hydroxyl groups is 1. The molecule has 0 saturated carbocycles. The molecule has 1 heterocycles. The van der Waals surface area contributed by atoms with Gasteiger partial charge in [0.15, 0.2) is 5.69 Å². The molecule has 0 bridgehead atoms. The fraction of sp³-hybridized carbons (Fsp3) is 0.0588. The van der Waals surface area contributed by atoms with Gasteiger partial charge in [-0.2, -0.15) is 0 Å². The van der Waals surface area contributed by atoms with E-state index >= 15 is 0 Å². The lowest BCUT2D eigenvalue weighted by molar-refractivity contribution is -0.117. The van der Waals surface area contributed by atoms with Gasteiger partial charge in [0, 0.05) is 9.86 Å². The summed E-state index contributed by atoms with van der Waals surface area (Å²) in [6.07, 6.45) is 0. The molecular formula is C17H12BrClN4O3. The first-order valence-electron chi connectivity index (χ1n) is 7.43. The summed E-state index contributed by atoms with van der Waals surface area (Å²) in [5, 5.41) is 20.6. The van der Waals surface area contributed by atoms with E-state index in [9.17, 15) is 14.7 Å². The first kappa shape index (κ1) is 18.1. The summed E-state index contributed by atoms with van der Waals surface area (Å²) >= 11 is 9.26. The molecule has 0 fully saturated rings. The summed E-state index contributed by atoms with van der Waals surface area (Å²) in [6.45, 7) is -0.347. The molecule has 1 aromatic heterocycles. The number of fused-ring (bicyclic) bond motifs is 1. The Hall–Kier alpha value is -2.71. The normalized spacial score (nSPS) is 11.2. The van der Waals surface area contributed by atoms with Crippen molar-refractivity contribution in [2.45, 2.75) is 0 Å². The number of aromatic amines is 1. The second kappa shape index (κ2) is 7.67. The van der Waals surface area contributed by atoms with Crippen molar-refractivity contribution in [1.82, 2.24) is 10.3 Å². The largest absolute Gasteiger partial charge is 0.493 e. The predicted molar refractivity (Wildman–Crippen MR) is 101 cm³/mol. The van der Waals surface area contributed by atoms with E-state index in [1.807, 2.05) is 0 Å². The Morgan fingerprint density at radius 3 is 2.77 bits per heavy atom. The van der Waals surface area contributed by atoms with Gasteiger partial charge in [-0.25, -0.2) is 0 Å². The van der Waals surface area contributed by atoms with E-state index in [0.717, 1.165) is 4.47 Å². The molecule has 0 aliphatic carbocycles. The lowest BCUT2D eigenvalue weighted by Gasteiger charge is -2.03. The van der Waals surface area contributed by atoms with Crippen LogP contribution >= 0.6 is 27.5 Å². The second-order valence-electron chi connectivity index (χ2n) is 5.27. The highest BCUT2D eigenvalue weighted by Crippen LogP contribution is 2.36. The molecule has 132 valence electrons. The zero-order valence-electron chi connectivity index (χ0n) is 13.2. The summed E-state index contributed by atoms with van der Waals surface area (Å²) in [6, 6.07) is 11.8. The first-order chi connectivity index (χ1) is 12.5. The van der Waals surface area contributed by atoms with Crippen LogP contribution in [0.3, 0.4) is 0 Å². The Morgan fingerprint density at radius 2 is 2.00 bits per heavy atom. The van der Waals surface area contributed by atoms with Crippen LogP contribution in [0.4, 0.5) is 5.69 Å². The van der Waals surface area contributed by atoms with Gasteiger partial charge in [0.1, 0.15) is 6.54 Å². The molecule has 3 N–H and O–H groups in total. The van der Waals surface area contributed by atoms with Crippen LogP contribution in [0, 0.1) is 0 Å². The van der Waals surface area contributed by atoms with Gasteiger partial charge < -0.3 is 15.4 Å². The van der Waals surface area contributed by atoms with Gasteiger partial charge in [0.05, 0.1) is 16.1 Å². The molecule has 26 heavy (non-hydrogen) atoms. The average molecular weight is 436 g/mol. The van der Waals surface area contributed by atoms with Crippen molar-refractivity contribution in [3.05, 3.63) is 57.5 Å². The quantitative estimate of drug-likeness (QED) is 0.531. The number of nitrogens with zero attached hydrogens (tertiary/aromatic N) is 2. The van der Waals surface area contributed by atoms with E-state index in [-0.39, 0.29) is 28.7 Å². The third-order valence-corrected chi connectivity index (χ3v) is 4.32. The van der Waals surface area contributed by atoms with Crippen LogP contribution in [-0.4, -0.2) is 28.4 Å². The van der Waals surface area contributed by atoms with Crippen molar-refractivity contribution in [3.63, 3.8) is 0 Å². The molecule has 0 atom stereocenters. The Labute approximate surface area is 161 Å². The van der Waals surface area contributed by atoms with Crippen LogP contribution in [0.15, 0.2) is 57.2 Å². The van der Waals surface area contributed by atoms with E-state index in [2.05, 4.69) is 36.5 Å². The molecule has 0 aliphatic rings. The molecule has 0 aliphatic heterocycles. The number of hydrogen-bond acceptors (Lipinski definition) is 4. The minimum absolute atomic E-state index is 0.145. The Morgan fingerprint density at radius 1 is 1.23 bits per heavy atom. The van der Waals surface area contributed by atoms with Crippen LogP contribution in [0.25, 0.3) is 10.9 Å². The zero-order valence-corrected chi connectivity index (χ0v) is 15.5. The number of carbonyl (C=O) groups is 2. The van der Waals surface area contributed by atoms with E-state index in [4.69, 9.17) is 11.6 Å². The van der Waals surface area contributed by atoms with E-state index in [1.54, 1.807) is 42.5 Å². The number of rotatable bonds is 4. The van der Waals surface area contributed by atoms with Crippen molar-refractivity contribution >= 4 is 55.9 Å².